The Morgan fingerprint density at radius 1 is 1.29 bits per heavy atom. The van der Waals surface area contributed by atoms with Crippen LogP contribution in [-0.2, 0) is 9.53 Å². The highest BCUT2D eigenvalue weighted by Gasteiger charge is 2.40. The third-order valence-corrected chi connectivity index (χ3v) is 3.20. The van der Waals surface area contributed by atoms with Gasteiger partial charge < -0.3 is 9.47 Å². The van der Waals surface area contributed by atoms with E-state index < -0.39 is 15.9 Å². The maximum Gasteiger partial charge on any atom is 0.337 e. The zero-order valence-corrected chi connectivity index (χ0v) is 13.9. The molecule has 1 aromatic carbocycles. The summed E-state index contributed by atoms with van der Waals surface area (Å²) < 4.78 is 8.80. The van der Waals surface area contributed by atoms with Gasteiger partial charge in [-0.25, -0.2) is 4.79 Å². The van der Waals surface area contributed by atoms with Gasteiger partial charge in [-0.3, -0.25) is 0 Å². The minimum Gasteiger partial charge on any atom is -0.481 e. The van der Waals surface area contributed by atoms with E-state index in [4.69, 9.17) is 44.3 Å². The van der Waals surface area contributed by atoms with E-state index in [0.717, 1.165) is 12.8 Å². The van der Waals surface area contributed by atoms with Gasteiger partial charge in [-0.1, -0.05) is 72.9 Å². The van der Waals surface area contributed by atoms with Crippen LogP contribution in [0.1, 0.15) is 19.8 Å². The average molecular weight is 352 g/mol. The Kier molecular flexibility index (Phi) is 7.36. The third kappa shape index (κ3) is 6.16. The highest BCUT2D eigenvalue weighted by molar-refractivity contribution is 6.68. The predicted octanol–water partition coefficient (Wildman–Crippen LogP) is 4.70. The number of carbonyl (C=O) groups excluding carboxylic acids is 1. The number of carbonyl (C=O) groups is 1. The van der Waals surface area contributed by atoms with Gasteiger partial charge in [0, 0.05) is 0 Å². The Morgan fingerprint density at radius 3 is 2.43 bits per heavy atom. The molecule has 1 unspecified atom stereocenters. The largest absolute Gasteiger partial charge is 0.481 e. The number of para-hydroxylation sites is 1. The zero-order valence-electron chi connectivity index (χ0n) is 11.7. The molecule has 116 valence electrons. The van der Waals surface area contributed by atoms with E-state index in [0.29, 0.717) is 12.4 Å². The SMILES string of the molecule is C=C(C(=O)OCCCC)C(Oc1ccccc1)C(Cl)(Cl)Cl. The van der Waals surface area contributed by atoms with Gasteiger partial charge >= 0.3 is 5.97 Å². The van der Waals surface area contributed by atoms with Gasteiger partial charge in [-0.2, -0.15) is 0 Å². The van der Waals surface area contributed by atoms with Gasteiger partial charge in [0.1, 0.15) is 5.75 Å². The van der Waals surface area contributed by atoms with Crippen molar-refractivity contribution in [3.05, 3.63) is 42.5 Å². The third-order valence-electron chi connectivity index (χ3n) is 2.60. The first-order valence-electron chi connectivity index (χ1n) is 6.50. The minimum atomic E-state index is -1.84. The molecular weight excluding hydrogens is 335 g/mol. The molecule has 0 aliphatic heterocycles. The molecule has 1 atom stereocenters. The summed E-state index contributed by atoms with van der Waals surface area (Å²) in [5, 5.41) is 0. The number of rotatable bonds is 7. The number of halogens is 3. The monoisotopic (exact) mass is 350 g/mol. The number of unbranched alkanes of at least 4 members (excludes halogenated alkanes) is 1. The van der Waals surface area contributed by atoms with E-state index in [-0.39, 0.29) is 5.57 Å². The smallest absolute Gasteiger partial charge is 0.337 e. The Morgan fingerprint density at radius 2 is 1.90 bits per heavy atom. The van der Waals surface area contributed by atoms with Crippen LogP contribution in [0.5, 0.6) is 5.75 Å². The molecular formula is C15H17Cl3O3. The fourth-order valence-electron chi connectivity index (χ4n) is 1.48. The Bertz CT molecular complexity index is 469. The van der Waals surface area contributed by atoms with Gasteiger partial charge in [0.25, 0.3) is 0 Å². The summed E-state index contributed by atoms with van der Waals surface area (Å²) in [5.41, 5.74) is -0.0324. The molecule has 0 radical (unpaired) electrons. The second kappa shape index (κ2) is 8.52. The van der Waals surface area contributed by atoms with Crippen LogP contribution in [0.15, 0.2) is 42.5 Å². The summed E-state index contributed by atoms with van der Waals surface area (Å²) in [5.74, 6) is -0.160. The first-order chi connectivity index (χ1) is 9.86. The molecule has 0 spiro atoms. The van der Waals surface area contributed by atoms with E-state index in [9.17, 15) is 4.79 Å². The van der Waals surface area contributed by atoms with Crippen LogP contribution in [-0.4, -0.2) is 22.5 Å². The molecule has 6 heteroatoms. The lowest BCUT2D eigenvalue weighted by Crippen LogP contribution is -2.36. The summed E-state index contributed by atoms with van der Waals surface area (Å²) in [4.78, 5) is 11.9. The quantitative estimate of drug-likeness (QED) is 0.309. The Hall–Kier alpha value is -0.900. The lowest BCUT2D eigenvalue weighted by molar-refractivity contribution is -0.140. The van der Waals surface area contributed by atoms with E-state index in [1.807, 2.05) is 13.0 Å². The van der Waals surface area contributed by atoms with Crippen molar-refractivity contribution >= 4 is 40.8 Å². The summed E-state index contributed by atoms with van der Waals surface area (Å²) in [6.45, 7) is 5.93. The zero-order chi connectivity index (χ0) is 15.9. The molecule has 0 amide bonds. The van der Waals surface area contributed by atoms with Crippen molar-refractivity contribution in [2.24, 2.45) is 0 Å². The van der Waals surface area contributed by atoms with Crippen LogP contribution in [0.3, 0.4) is 0 Å². The Balaban J connectivity index is 2.78. The molecule has 0 aliphatic carbocycles. The van der Waals surface area contributed by atoms with Crippen LogP contribution in [0.2, 0.25) is 0 Å². The topological polar surface area (TPSA) is 35.5 Å². The lowest BCUT2D eigenvalue weighted by atomic mass is 10.2. The maximum atomic E-state index is 11.9. The number of hydrogen-bond donors (Lipinski definition) is 0. The maximum absolute atomic E-state index is 11.9. The molecule has 0 bridgehead atoms. The standard InChI is InChI=1S/C15H17Cl3O3/c1-3-4-10-20-14(19)11(2)13(15(16,17)18)21-12-8-6-5-7-9-12/h5-9,13H,2-4,10H2,1H3. The molecule has 1 aromatic rings. The second-order valence-corrected chi connectivity index (χ2v) is 6.74. The molecule has 1 rings (SSSR count). The van der Waals surface area contributed by atoms with Crippen LogP contribution in [0.25, 0.3) is 0 Å². The molecule has 21 heavy (non-hydrogen) atoms. The normalized spacial score (nSPS) is 12.6. The van der Waals surface area contributed by atoms with Crippen molar-refractivity contribution in [1.82, 2.24) is 0 Å². The number of benzene rings is 1. The molecule has 3 nitrogen and oxygen atoms in total. The van der Waals surface area contributed by atoms with Gasteiger partial charge in [0.15, 0.2) is 6.10 Å². The van der Waals surface area contributed by atoms with Gasteiger partial charge in [0.05, 0.1) is 12.2 Å². The van der Waals surface area contributed by atoms with Crippen molar-refractivity contribution in [2.75, 3.05) is 6.61 Å². The highest BCUT2D eigenvalue weighted by Crippen LogP contribution is 2.36. The number of ether oxygens (including phenoxy) is 2. The summed E-state index contributed by atoms with van der Waals surface area (Å²) in [6.07, 6.45) is 0.546. The van der Waals surface area contributed by atoms with Crippen LogP contribution < -0.4 is 4.74 Å². The van der Waals surface area contributed by atoms with Crippen molar-refractivity contribution in [2.45, 2.75) is 29.7 Å². The molecule has 0 N–H and O–H groups in total. The minimum absolute atomic E-state index is 0.0324. The summed E-state index contributed by atoms with van der Waals surface area (Å²) >= 11 is 17.7. The molecule has 0 aliphatic rings. The van der Waals surface area contributed by atoms with Crippen LogP contribution >= 0.6 is 34.8 Å². The van der Waals surface area contributed by atoms with Gasteiger partial charge in [-0.05, 0) is 18.6 Å². The molecule has 0 aromatic heterocycles. The number of alkyl halides is 3. The van der Waals surface area contributed by atoms with Crippen molar-refractivity contribution < 1.29 is 14.3 Å². The van der Waals surface area contributed by atoms with Crippen LogP contribution in [0.4, 0.5) is 0 Å². The van der Waals surface area contributed by atoms with E-state index in [1.54, 1.807) is 24.3 Å². The first kappa shape index (κ1) is 18.1. The average Bonchev–Trinajstić information content (AvgIpc) is 2.44. The Labute approximate surface area is 139 Å². The van der Waals surface area contributed by atoms with E-state index >= 15 is 0 Å². The summed E-state index contributed by atoms with van der Waals surface area (Å²) in [6, 6.07) is 8.75. The second-order valence-electron chi connectivity index (χ2n) is 4.37. The van der Waals surface area contributed by atoms with Crippen LogP contribution in [0, 0.1) is 0 Å². The lowest BCUT2D eigenvalue weighted by Gasteiger charge is -2.26. The van der Waals surface area contributed by atoms with E-state index in [1.165, 1.54) is 0 Å². The first-order valence-corrected chi connectivity index (χ1v) is 7.64. The van der Waals surface area contributed by atoms with Crippen molar-refractivity contribution in [3.8, 4) is 5.75 Å². The molecule has 0 saturated carbocycles. The van der Waals surface area contributed by atoms with Gasteiger partial charge in [0.2, 0.25) is 3.79 Å². The van der Waals surface area contributed by atoms with Gasteiger partial charge in [-0.15, -0.1) is 0 Å². The van der Waals surface area contributed by atoms with Crippen molar-refractivity contribution in [1.29, 1.82) is 0 Å². The molecule has 0 saturated heterocycles. The predicted molar refractivity (Wildman–Crippen MR) is 86.2 cm³/mol. The van der Waals surface area contributed by atoms with E-state index in [2.05, 4.69) is 6.58 Å². The highest BCUT2D eigenvalue weighted by atomic mass is 35.6. The molecule has 0 heterocycles. The fraction of sp³-hybridized carbons (Fsp3) is 0.400. The number of esters is 1. The summed E-state index contributed by atoms with van der Waals surface area (Å²) in [7, 11) is 0. The van der Waals surface area contributed by atoms with Crippen molar-refractivity contribution in [3.63, 3.8) is 0 Å². The molecule has 0 fully saturated rings. The fourth-order valence-corrected chi connectivity index (χ4v) is 2.01. The number of hydrogen-bond acceptors (Lipinski definition) is 3.